The number of carbonyl (C=O) groups excluding carboxylic acids is 1. The summed E-state index contributed by atoms with van der Waals surface area (Å²) in [5.41, 5.74) is 0.0595. The summed E-state index contributed by atoms with van der Waals surface area (Å²) >= 11 is 5.57. The summed E-state index contributed by atoms with van der Waals surface area (Å²) in [5, 5.41) is 6.52. The van der Waals surface area contributed by atoms with Crippen LogP contribution < -0.4 is 9.50 Å². The van der Waals surface area contributed by atoms with Crippen molar-refractivity contribution in [2.75, 3.05) is 12.1 Å². The lowest BCUT2D eigenvalue weighted by atomic mass is 10.3. The van der Waals surface area contributed by atoms with Crippen molar-refractivity contribution in [3.8, 4) is 5.88 Å². The molecule has 0 radical (unpaired) electrons. The number of nitrogens with zero attached hydrogens (tertiary/aromatic N) is 2. The first-order chi connectivity index (χ1) is 8.73. The predicted octanol–water partition coefficient (Wildman–Crippen LogP) is 0.598. The second-order valence-corrected chi connectivity index (χ2v) is 6.17. The molecule has 1 N–H and O–H groups in total. The molecular weight excluding hydrogens is 294 g/mol. The summed E-state index contributed by atoms with van der Waals surface area (Å²) in [6.07, 6.45) is 2.29. The normalized spacial score (nSPS) is 11.6. The molecule has 7 nitrogen and oxygen atoms in total. The van der Waals surface area contributed by atoms with Crippen LogP contribution in [0.3, 0.4) is 0 Å². The minimum atomic E-state index is -3.75. The molecule has 19 heavy (non-hydrogen) atoms. The van der Waals surface area contributed by atoms with E-state index in [1.165, 1.54) is 10.9 Å². The Morgan fingerprint density at radius 2 is 2.21 bits per heavy atom. The van der Waals surface area contributed by atoms with Gasteiger partial charge in [0.1, 0.15) is 5.56 Å². The molecule has 1 aromatic rings. The van der Waals surface area contributed by atoms with E-state index in [-0.39, 0.29) is 23.4 Å². The van der Waals surface area contributed by atoms with E-state index < -0.39 is 16.0 Å². The standard InChI is InChI=1S/C10H16ClN3O4S/c1-7(2)12-9(15)8-6-14(5-4-11)13-10(8)18-19(3,16)17/h6-7H,4-5H2,1-3H3,(H,12,15). The van der Waals surface area contributed by atoms with Crippen molar-refractivity contribution in [3.05, 3.63) is 11.8 Å². The largest absolute Gasteiger partial charge is 0.359 e. The molecule has 0 aliphatic rings. The Balaban J connectivity index is 3.08. The second-order valence-electron chi connectivity index (χ2n) is 4.22. The average molecular weight is 310 g/mol. The molecule has 1 heterocycles. The van der Waals surface area contributed by atoms with E-state index in [0.29, 0.717) is 6.54 Å². The van der Waals surface area contributed by atoms with Gasteiger partial charge in [0.2, 0.25) is 0 Å². The van der Waals surface area contributed by atoms with E-state index in [0.717, 1.165) is 6.26 Å². The van der Waals surface area contributed by atoms with Crippen LogP contribution in [0.1, 0.15) is 24.2 Å². The molecule has 0 saturated heterocycles. The molecule has 1 aromatic heterocycles. The van der Waals surface area contributed by atoms with Gasteiger partial charge in [0.15, 0.2) is 0 Å². The van der Waals surface area contributed by atoms with Crippen molar-refractivity contribution in [2.45, 2.75) is 26.4 Å². The summed E-state index contributed by atoms with van der Waals surface area (Å²) in [7, 11) is -3.75. The van der Waals surface area contributed by atoms with Gasteiger partial charge in [-0.2, -0.15) is 8.42 Å². The Bertz CT molecular complexity index is 553. The summed E-state index contributed by atoms with van der Waals surface area (Å²) in [6, 6.07) is -0.0880. The zero-order chi connectivity index (χ0) is 14.6. The van der Waals surface area contributed by atoms with Gasteiger partial charge < -0.3 is 9.50 Å². The van der Waals surface area contributed by atoms with E-state index >= 15 is 0 Å². The smallest absolute Gasteiger partial charge is 0.307 e. The summed E-state index contributed by atoms with van der Waals surface area (Å²) in [5.74, 6) is -0.411. The van der Waals surface area contributed by atoms with Gasteiger partial charge in [0.05, 0.1) is 12.8 Å². The maximum atomic E-state index is 11.9. The first-order valence-corrected chi connectivity index (χ1v) is 7.91. The number of carbonyl (C=O) groups is 1. The Kier molecular flexibility index (Phi) is 5.19. The van der Waals surface area contributed by atoms with Crippen molar-refractivity contribution in [1.82, 2.24) is 15.1 Å². The van der Waals surface area contributed by atoms with Crippen molar-refractivity contribution < 1.29 is 17.4 Å². The van der Waals surface area contributed by atoms with Crippen LogP contribution in [-0.2, 0) is 16.7 Å². The number of aromatic nitrogens is 2. The Labute approximate surface area is 117 Å². The number of hydrogen-bond acceptors (Lipinski definition) is 5. The average Bonchev–Trinajstić information content (AvgIpc) is 2.57. The number of rotatable bonds is 6. The molecular formula is C10H16ClN3O4S. The molecule has 0 saturated carbocycles. The van der Waals surface area contributed by atoms with Crippen LogP contribution in [0, 0.1) is 0 Å². The van der Waals surface area contributed by atoms with E-state index in [1.807, 2.05) is 0 Å². The number of hydrogen-bond donors (Lipinski definition) is 1. The third kappa shape index (κ3) is 5.07. The quantitative estimate of drug-likeness (QED) is 0.614. The van der Waals surface area contributed by atoms with Gasteiger partial charge in [0.25, 0.3) is 11.8 Å². The number of amides is 1. The second kappa shape index (κ2) is 6.25. The summed E-state index contributed by atoms with van der Waals surface area (Å²) in [6.45, 7) is 3.92. The van der Waals surface area contributed by atoms with Crippen molar-refractivity contribution in [3.63, 3.8) is 0 Å². The van der Waals surface area contributed by atoms with Gasteiger partial charge in [-0.05, 0) is 13.8 Å². The molecule has 0 aliphatic heterocycles. The highest BCUT2D eigenvalue weighted by Gasteiger charge is 2.21. The van der Waals surface area contributed by atoms with Crippen LogP contribution in [0.5, 0.6) is 5.88 Å². The third-order valence-electron chi connectivity index (χ3n) is 1.94. The van der Waals surface area contributed by atoms with Crippen LogP contribution in [0.4, 0.5) is 0 Å². The lowest BCUT2D eigenvalue weighted by Crippen LogP contribution is -2.30. The fourth-order valence-electron chi connectivity index (χ4n) is 1.31. The lowest BCUT2D eigenvalue weighted by molar-refractivity contribution is 0.0941. The number of aryl methyl sites for hydroxylation is 1. The summed E-state index contributed by atoms with van der Waals surface area (Å²) in [4.78, 5) is 11.9. The molecule has 0 unspecified atom stereocenters. The molecule has 108 valence electrons. The predicted molar refractivity (Wildman–Crippen MR) is 71.0 cm³/mol. The molecule has 0 spiro atoms. The third-order valence-corrected chi connectivity index (χ3v) is 2.57. The highest BCUT2D eigenvalue weighted by atomic mass is 35.5. The first kappa shape index (κ1) is 15.8. The van der Waals surface area contributed by atoms with Crippen molar-refractivity contribution >= 4 is 27.6 Å². The Morgan fingerprint density at radius 1 is 1.58 bits per heavy atom. The van der Waals surface area contributed by atoms with Crippen molar-refractivity contribution in [2.24, 2.45) is 0 Å². The van der Waals surface area contributed by atoms with E-state index in [2.05, 4.69) is 10.4 Å². The fraction of sp³-hybridized carbons (Fsp3) is 0.600. The van der Waals surface area contributed by atoms with Crippen LogP contribution in [0.2, 0.25) is 0 Å². The lowest BCUT2D eigenvalue weighted by Gasteiger charge is -2.07. The molecule has 0 atom stereocenters. The maximum absolute atomic E-state index is 11.9. The molecule has 1 rings (SSSR count). The van der Waals surface area contributed by atoms with Crippen LogP contribution in [0.25, 0.3) is 0 Å². The highest BCUT2D eigenvalue weighted by Crippen LogP contribution is 2.18. The van der Waals surface area contributed by atoms with E-state index in [1.54, 1.807) is 13.8 Å². The van der Waals surface area contributed by atoms with Crippen molar-refractivity contribution in [1.29, 1.82) is 0 Å². The molecule has 9 heteroatoms. The van der Waals surface area contributed by atoms with Gasteiger partial charge in [0, 0.05) is 18.1 Å². The van der Waals surface area contributed by atoms with E-state index in [4.69, 9.17) is 15.8 Å². The molecule has 0 fully saturated rings. The molecule has 0 aromatic carbocycles. The maximum Gasteiger partial charge on any atom is 0.307 e. The first-order valence-electron chi connectivity index (χ1n) is 5.56. The topological polar surface area (TPSA) is 90.3 Å². The van der Waals surface area contributed by atoms with Gasteiger partial charge in [-0.3, -0.25) is 9.48 Å². The van der Waals surface area contributed by atoms with Gasteiger partial charge in [-0.15, -0.1) is 16.7 Å². The van der Waals surface area contributed by atoms with E-state index in [9.17, 15) is 13.2 Å². The number of nitrogens with one attached hydrogen (secondary N) is 1. The van der Waals surface area contributed by atoms with Crippen LogP contribution in [-0.4, -0.2) is 42.3 Å². The van der Waals surface area contributed by atoms with Gasteiger partial charge in [-0.25, -0.2) is 0 Å². The number of halogens is 1. The molecule has 0 aliphatic carbocycles. The fourth-order valence-corrected chi connectivity index (χ4v) is 1.89. The summed E-state index contributed by atoms with van der Waals surface area (Å²) < 4.78 is 28.3. The SMILES string of the molecule is CC(C)NC(=O)c1cn(CCCl)nc1OS(C)(=O)=O. The monoisotopic (exact) mass is 309 g/mol. The number of alkyl halides is 1. The zero-order valence-electron chi connectivity index (χ0n) is 10.9. The molecule has 1 amide bonds. The highest BCUT2D eigenvalue weighted by molar-refractivity contribution is 7.86. The van der Waals surface area contributed by atoms with Crippen LogP contribution >= 0.6 is 11.6 Å². The Morgan fingerprint density at radius 3 is 2.68 bits per heavy atom. The minimum absolute atomic E-state index is 0.0595. The molecule has 0 bridgehead atoms. The zero-order valence-corrected chi connectivity index (χ0v) is 12.5. The van der Waals surface area contributed by atoms with Gasteiger partial charge in [-0.1, -0.05) is 0 Å². The van der Waals surface area contributed by atoms with Gasteiger partial charge >= 0.3 is 10.1 Å². The van der Waals surface area contributed by atoms with Crippen LogP contribution in [0.15, 0.2) is 6.20 Å². The minimum Gasteiger partial charge on any atom is -0.359 e. The Hall–Kier alpha value is -1.28.